The van der Waals surface area contributed by atoms with Crippen LogP contribution in [-0.2, 0) is 19.0 Å². The maximum Gasteiger partial charge on any atom is 0.340 e. The number of phenols is 4. The lowest BCUT2D eigenvalue weighted by atomic mass is 9.99. The van der Waals surface area contributed by atoms with Gasteiger partial charge in [-0.3, -0.25) is 0 Å². The van der Waals surface area contributed by atoms with Gasteiger partial charge in [0.2, 0.25) is 6.29 Å². The number of benzene rings is 2. The molecule has 5 atom stereocenters. The van der Waals surface area contributed by atoms with E-state index in [1.807, 2.05) is 0 Å². The molecule has 3 rings (SSSR count). The highest BCUT2D eigenvalue weighted by atomic mass is 16.7. The minimum atomic E-state index is -1.88. The molecule has 1 aliphatic heterocycles. The number of aromatic hydroxyl groups is 4. The minimum absolute atomic E-state index is 0.0539. The van der Waals surface area contributed by atoms with Crippen LogP contribution in [0.25, 0.3) is 6.08 Å². The Morgan fingerprint density at radius 1 is 0.912 bits per heavy atom. The Kier molecular flexibility index (Phi) is 7.58. The van der Waals surface area contributed by atoms with Crippen molar-refractivity contribution < 1.29 is 59.5 Å². The van der Waals surface area contributed by atoms with Crippen LogP contribution in [0.4, 0.5) is 0 Å². The lowest BCUT2D eigenvalue weighted by Crippen LogP contribution is -2.59. The highest BCUT2D eigenvalue weighted by molar-refractivity contribution is 5.91. The number of aliphatic hydroxyl groups is 3. The largest absolute Gasteiger partial charge is 0.508 e. The third-order valence-electron chi connectivity index (χ3n) is 4.89. The second-order valence-electron chi connectivity index (χ2n) is 7.34. The first-order chi connectivity index (χ1) is 16.1. The quantitative estimate of drug-likeness (QED) is 0.163. The van der Waals surface area contributed by atoms with E-state index in [4.69, 9.17) is 14.2 Å². The van der Waals surface area contributed by atoms with Gasteiger partial charge in [0.05, 0.1) is 5.56 Å². The number of phenolic OH excluding ortho intramolecular Hbond substituents is 4. The number of rotatable bonds is 6. The van der Waals surface area contributed by atoms with Crippen LogP contribution in [0.15, 0.2) is 42.5 Å². The molecular weight excluding hydrogens is 456 g/mol. The van der Waals surface area contributed by atoms with Crippen molar-refractivity contribution in [2.24, 2.45) is 0 Å². The van der Waals surface area contributed by atoms with Crippen LogP contribution in [0, 0.1) is 0 Å². The van der Waals surface area contributed by atoms with Crippen molar-refractivity contribution in [3.8, 4) is 23.0 Å². The van der Waals surface area contributed by atoms with E-state index >= 15 is 0 Å². The summed E-state index contributed by atoms with van der Waals surface area (Å²) in [4.78, 5) is 24.3. The zero-order chi connectivity index (χ0) is 25.0. The van der Waals surface area contributed by atoms with E-state index in [9.17, 15) is 45.3 Å². The normalized spacial score (nSPS) is 24.6. The van der Waals surface area contributed by atoms with Crippen LogP contribution >= 0.6 is 0 Å². The Morgan fingerprint density at radius 3 is 2.15 bits per heavy atom. The Labute approximate surface area is 192 Å². The molecule has 2 aromatic carbocycles. The Bertz CT molecular complexity index is 1040. The lowest BCUT2D eigenvalue weighted by Gasteiger charge is -2.39. The van der Waals surface area contributed by atoms with Gasteiger partial charge in [-0.05, 0) is 35.9 Å². The van der Waals surface area contributed by atoms with E-state index in [0.29, 0.717) is 5.56 Å². The highest BCUT2D eigenvalue weighted by Gasteiger charge is 2.46. The highest BCUT2D eigenvalue weighted by Crippen LogP contribution is 2.36. The van der Waals surface area contributed by atoms with E-state index in [1.54, 1.807) is 12.1 Å². The molecular formula is C22H22O12. The molecule has 182 valence electrons. The minimum Gasteiger partial charge on any atom is -0.508 e. The molecule has 2 aromatic rings. The number of hydrogen-bond acceptors (Lipinski definition) is 12. The third-order valence-corrected chi connectivity index (χ3v) is 4.89. The zero-order valence-corrected chi connectivity index (χ0v) is 17.4. The maximum atomic E-state index is 12.3. The number of aliphatic hydroxyl groups excluding tert-OH is 3. The predicted octanol–water partition coefficient (Wildman–Crippen LogP) is -0.270. The van der Waals surface area contributed by atoms with Crippen LogP contribution in [-0.4, -0.2) is 85.0 Å². The van der Waals surface area contributed by atoms with Crippen molar-refractivity contribution in [2.45, 2.75) is 30.7 Å². The van der Waals surface area contributed by atoms with E-state index < -0.39 is 72.1 Å². The van der Waals surface area contributed by atoms with Gasteiger partial charge in [-0.2, -0.15) is 0 Å². The summed E-state index contributed by atoms with van der Waals surface area (Å²) < 4.78 is 15.2. The summed E-state index contributed by atoms with van der Waals surface area (Å²) in [7, 11) is 0. The Balaban J connectivity index is 1.62. The van der Waals surface area contributed by atoms with Crippen LogP contribution in [0.1, 0.15) is 15.9 Å². The summed E-state index contributed by atoms with van der Waals surface area (Å²) in [6.07, 6.45) is -6.10. The van der Waals surface area contributed by atoms with Gasteiger partial charge in [-0.25, -0.2) is 9.59 Å². The molecule has 0 amide bonds. The maximum absolute atomic E-state index is 12.3. The number of ether oxygens (including phenoxy) is 3. The second-order valence-corrected chi connectivity index (χ2v) is 7.34. The van der Waals surface area contributed by atoms with Gasteiger partial charge in [0.15, 0.2) is 17.2 Å². The number of hydrogen-bond donors (Lipinski definition) is 7. The fourth-order valence-electron chi connectivity index (χ4n) is 3.01. The lowest BCUT2D eigenvalue weighted by molar-refractivity contribution is -0.285. The average Bonchev–Trinajstić information content (AvgIpc) is 2.81. The fourth-order valence-corrected chi connectivity index (χ4v) is 3.01. The molecule has 12 heteroatoms. The summed E-state index contributed by atoms with van der Waals surface area (Å²) in [5.74, 6) is -4.45. The standard InChI is InChI=1S/C22H22O12/c23-12-4-1-10(2-5-12)3-6-16(26)32-9-15-18(28)19(29)20(30)22(33-15)34-21(31)11-7-13(24)17(27)14(25)8-11/h1-8,15,18-20,22-25,27-30H,9H2/t15-,18+,19-,20-,22-/m0/s1. The monoisotopic (exact) mass is 478 g/mol. The molecule has 1 heterocycles. The molecule has 0 saturated carbocycles. The number of carbonyl (C=O) groups excluding carboxylic acids is 2. The van der Waals surface area contributed by atoms with Gasteiger partial charge in [-0.15, -0.1) is 0 Å². The molecule has 7 N–H and O–H groups in total. The topological polar surface area (TPSA) is 203 Å². The van der Waals surface area contributed by atoms with Crippen molar-refractivity contribution in [1.29, 1.82) is 0 Å². The summed E-state index contributed by atoms with van der Waals surface area (Å²) >= 11 is 0. The SMILES string of the molecule is O=C(C=Cc1ccc(O)cc1)OC[C@@H]1O[C@@H](OC(=O)c2cc(O)c(O)c(O)c2)[C@@H](O)[C@@H](O)[C@@H]1O. The van der Waals surface area contributed by atoms with E-state index in [0.717, 1.165) is 18.2 Å². The molecule has 0 bridgehead atoms. The van der Waals surface area contributed by atoms with Crippen molar-refractivity contribution in [3.05, 3.63) is 53.6 Å². The van der Waals surface area contributed by atoms with Crippen molar-refractivity contribution in [2.75, 3.05) is 6.61 Å². The number of esters is 2. The molecule has 1 fully saturated rings. The summed E-state index contributed by atoms with van der Waals surface area (Å²) in [5, 5.41) is 67.9. The van der Waals surface area contributed by atoms with Crippen molar-refractivity contribution in [3.63, 3.8) is 0 Å². The van der Waals surface area contributed by atoms with Gasteiger partial charge in [0.25, 0.3) is 0 Å². The predicted molar refractivity (Wildman–Crippen MR) is 112 cm³/mol. The smallest absolute Gasteiger partial charge is 0.340 e. The van der Waals surface area contributed by atoms with E-state index in [-0.39, 0.29) is 5.75 Å². The molecule has 12 nitrogen and oxygen atoms in total. The van der Waals surface area contributed by atoms with Gasteiger partial charge in [0.1, 0.15) is 36.8 Å². The van der Waals surface area contributed by atoms with Gasteiger partial charge < -0.3 is 50.0 Å². The van der Waals surface area contributed by atoms with Crippen molar-refractivity contribution in [1.82, 2.24) is 0 Å². The zero-order valence-electron chi connectivity index (χ0n) is 17.4. The molecule has 0 aliphatic carbocycles. The van der Waals surface area contributed by atoms with Gasteiger partial charge >= 0.3 is 11.9 Å². The Hall–Kier alpha value is -3.84. The van der Waals surface area contributed by atoms with E-state index in [1.165, 1.54) is 18.2 Å². The molecule has 0 unspecified atom stereocenters. The molecule has 34 heavy (non-hydrogen) atoms. The molecule has 0 spiro atoms. The Morgan fingerprint density at radius 2 is 1.53 bits per heavy atom. The molecule has 1 saturated heterocycles. The van der Waals surface area contributed by atoms with Crippen LogP contribution < -0.4 is 0 Å². The first-order valence-corrected chi connectivity index (χ1v) is 9.86. The third kappa shape index (κ3) is 5.74. The van der Waals surface area contributed by atoms with Crippen LogP contribution in [0.2, 0.25) is 0 Å². The molecule has 0 aromatic heterocycles. The fraction of sp³-hybridized carbons (Fsp3) is 0.273. The molecule has 0 radical (unpaired) electrons. The number of carbonyl (C=O) groups is 2. The van der Waals surface area contributed by atoms with Crippen LogP contribution in [0.3, 0.4) is 0 Å². The van der Waals surface area contributed by atoms with Crippen molar-refractivity contribution >= 4 is 18.0 Å². The first kappa shape index (κ1) is 24.8. The second kappa shape index (κ2) is 10.4. The average molecular weight is 478 g/mol. The van der Waals surface area contributed by atoms with Gasteiger partial charge in [0, 0.05) is 6.08 Å². The van der Waals surface area contributed by atoms with Gasteiger partial charge in [-0.1, -0.05) is 12.1 Å². The van der Waals surface area contributed by atoms with E-state index in [2.05, 4.69) is 0 Å². The molecule has 1 aliphatic rings. The summed E-state index contributed by atoms with van der Waals surface area (Å²) in [5.41, 5.74) is 0.187. The summed E-state index contributed by atoms with van der Waals surface area (Å²) in [6.45, 7) is -0.571. The first-order valence-electron chi connectivity index (χ1n) is 9.86. The van der Waals surface area contributed by atoms with Crippen LogP contribution in [0.5, 0.6) is 23.0 Å². The summed E-state index contributed by atoms with van der Waals surface area (Å²) in [6, 6.07) is 7.53.